The van der Waals surface area contributed by atoms with Crippen molar-refractivity contribution in [1.82, 2.24) is 10.2 Å². The molecule has 178 valence electrons. The molecule has 0 spiro atoms. The Morgan fingerprint density at radius 2 is 1.41 bits per heavy atom. The minimum atomic E-state index is -0.666. The number of hydrogen-bond donors (Lipinski definition) is 1. The van der Waals surface area contributed by atoms with Gasteiger partial charge in [-0.15, -0.1) is 0 Å². The predicted octanol–water partition coefficient (Wildman–Crippen LogP) is 4.85. The van der Waals surface area contributed by atoms with E-state index in [1.807, 2.05) is 107 Å². The molecule has 5 nitrogen and oxygen atoms in total. The highest BCUT2D eigenvalue weighted by Gasteiger charge is 2.31. The van der Waals surface area contributed by atoms with Crippen LogP contribution < -0.4 is 10.1 Å². The van der Waals surface area contributed by atoms with E-state index >= 15 is 0 Å². The third-order valence-corrected chi connectivity index (χ3v) is 5.56. The highest BCUT2D eigenvalue weighted by molar-refractivity contribution is 5.88. The molecule has 3 aromatic rings. The lowest BCUT2D eigenvalue weighted by atomic mass is 10.0. The molecule has 1 atom stereocenters. The summed E-state index contributed by atoms with van der Waals surface area (Å²) in [5.41, 5.74) is 4.22. The van der Waals surface area contributed by atoms with Gasteiger partial charge < -0.3 is 15.0 Å². The van der Waals surface area contributed by atoms with Gasteiger partial charge >= 0.3 is 0 Å². The van der Waals surface area contributed by atoms with Crippen LogP contribution in [0, 0.1) is 13.8 Å². The fourth-order valence-electron chi connectivity index (χ4n) is 3.69. The Kier molecular flexibility index (Phi) is 8.86. The number of nitrogens with zero attached hydrogens (tertiary/aromatic N) is 1. The van der Waals surface area contributed by atoms with Crippen molar-refractivity contribution in [3.63, 3.8) is 0 Å². The summed E-state index contributed by atoms with van der Waals surface area (Å²) in [6.07, 6.45) is 0.418. The number of nitrogens with one attached hydrogen (secondary N) is 1. The molecule has 3 rings (SSSR count). The number of carbonyl (C=O) groups is 2. The van der Waals surface area contributed by atoms with E-state index in [-0.39, 0.29) is 24.5 Å². The Bertz CT molecular complexity index is 1060. The standard InChI is InChI=1S/C29H34N2O3/c1-21(2)30-29(33)27(18-24-8-6-5-7-9-24)31(19-25-14-10-22(3)11-15-25)28(32)20-34-26-16-12-23(4)13-17-26/h5-17,21,27H,18-20H2,1-4H3,(H,30,33)/t27-/m1/s1. The molecule has 5 heteroatoms. The third-order valence-electron chi connectivity index (χ3n) is 5.56. The van der Waals surface area contributed by atoms with E-state index in [1.165, 1.54) is 0 Å². The van der Waals surface area contributed by atoms with Crippen LogP contribution in [0.1, 0.15) is 36.1 Å². The summed E-state index contributed by atoms with van der Waals surface area (Å²) >= 11 is 0. The van der Waals surface area contributed by atoms with E-state index in [2.05, 4.69) is 5.32 Å². The normalized spacial score (nSPS) is 11.7. The van der Waals surface area contributed by atoms with Crippen molar-refractivity contribution in [3.05, 3.63) is 101 Å². The molecule has 0 saturated carbocycles. The van der Waals surface area contributed by atoms with Crippen molar-refractivity contribution >= 4 is 11.8 Å². The molecule has 0 unspecified atom stereocenters. The van der Waals surface area contributed by atoms with Crippen LogP contribution in [-0.4, -0.2) is 35.4 Å². The topological polar surface area (TPSA) is 58.6 Å². The number of hydrogen-bond acceptors (Lipinski definition) is 3. The van der Waals surface area contributed by atoms with Crippen LogP contribution in [0.25, 0.3) is 0 Å². The molecule has 0 saturated heterocycles. The highest BCUT2D eigenvalue weighted by atomic mass is 16.5. The van der Waals surface area contributed by atoms with E-state index in [4.69, 9.17) is 4.74 Å². The molecular formula is C29H34N2O3. The summed E-state index contributed by atoms with van der Waals surface area (Å²) in [5.74, 6) is 0.219. The lowest BCUT2D eigenvalue weighted by molar-refractivity contribution is -0.143. The molecule has 0 aliphatic rings. The quantitative estimate of drug-likeness (QED) is 0.473. The fraction of sp³-hybridized carbons (Fsp3) is 0.310. The van der Waals surface area contributed by atoms with Crippen molar-refractivity contribution in [2.75, 3.05) is 6.61 Å². The highest BCUT2D eigenvalue weighted by Crippen LogP contribution is 2.17. The first-order chi connectivity index (χ1) is 16.3. The molecule has 0 aliphatic heterocycles. The molecule has 0 radical (unpaired) electrons. The minimum absolute atomic E-state index is 0.0362. The van der Waals surface area contributed by atoms with Gasteiger partial charge in [-0.3, -0.25) is 9.59 Å². The van der Waals surface area contributed by atoms with Crippen LogP contribution in [0.4, 0.5) is 0 Å². The van der Waals surface area contributed by atoms with E-state index in [1.54, 1.807) is 4.90 Å². The van der Waals surface area contributed by atoms with Gasteiger partial charge in [0.25, 0.3) is 5.91 Å². The number of aryl methyl sites for hydroxylation is 2. The van der Waals surface area contributed by atoms with Crippen LogP contribution in [0.15, 0.2) is 78.9 Å². The van der Waals surface area contributed by atoms with Crippen molar-refractivity contribution in [2.24, 2.45) is 0 Å². The lowest BCUT2D eigenvalue weighted by Gasteiger charge is -2.32. The lowest BCUT2D eigenvalue weighted by Crippen LogP contribution is -2.52. The van der Waals surface area contributed by atoms with Gasteiger partial charge in [-0.2, -0.15) is 0 Å². The smallest absolute Gasteiger partial charge is 0.261 e. The van der Waals surface area contributed by atoms with Gasteiger partial charge in [0.05, 0.1) is 0 Å². The first-order valence-corrected chi connectivity index (χ1v) is 11.7. The Labute approximate surface area is 202 Å². The molecule has 1 N–H and O–H groups in total. The second-order valence-corrected chi connectivity index (χ2v) is 8.98. The first-order valence-electron chi connectivity index (χ1n) is 11.7. The van der Waals surface area contributed by atoms with Crippen LogP contribution in [0.5, 0.6) is 5.75 Å². The van der Waals surface area contributed by atoms with Gasteiger partial charge in [0.1, 0.15) is 11.8 Å². The fourth-order valence-corrected chi connectivity index (χ4v) is 3.69. The maximum absolute atomic E-state index is 13.5. The van der Waals surface area contributed by atoms with E-state index in [0.29, 0.717) is 18.7 Å². The zero-order valence-electron chi connectivity index (χ0n) is 20.5. The van der Waals surface area contributed by atoms with Crippen LogP contribution >= 0.6 is 0 Å². The van der Waals surface area contributed by atoms with Gasteiger partial charge in [-0.05, 0) is 51.0 Å². The average molecular weight is 459 g/mol. The predicted molar refractivity (Wildman–Crippen MR) is 136 cm³/mol. The van der Waals surface area contributed by atoms with Gasteiger partial charge in [-0.1, -0.05) is 77.9 Å². The summed E-state index contributed by atoms with van der Waals surface area (Å²) in [4.78, 5) is 28.5. The number of amides is 2. The van der Waals surface area contributed by atoms with Gasteiger partial charge in [0.15, 0.2) is 6.61 Å². The number of benzene rings is 3. The van der Waals surface area contributed by atoms with Crippen molar-refractivity contribution in [2.45, 2.75) is 52.7 Å². The summed E-state index contributed by atoms with van der Waals surface area (Å²) in [6, 6.07) is 24.7. The van der Waals surface area contributed by atoms with Crippen molar-refractivity contribution in [3.8, 4) is 5.75 Å². The summed E-state index contributed by atoms with van der Waals surface area (Å²) < 4.78 is 5.80. The van der Waals surface area contributed by atoms with E-state index in [9.17, 15) is 9.59 Å². The van der Waals surface area contributed by atoms with Crippen molar-refractivity contribution in [1.29, 1.82) is 0 Å². The molecular weight excluding hydrogens is 424 g/mol. The monoisotopic (exact) mass is 458 g/mol. The molecule has 0 aromatic heterocycles. The van der Waals surface area contributed by atoms with E-state index < -0.39 is 6.04 Å². The largest absolute Gasteiger partial charge is 0.484 e. The Morgan fingerprint density at radius 3 is 2.00 bits per heavy atom. The maximum Gasteiger partial charge on any atom is 0.261 e. The zero-order chi connectivity index (χ0) is 24.5. The number of ether oxygens (including phenoxy) is 1. The number of rotatable bonds is 10. The second kappa shape index (κ2) is 12.0. The van der Waals surface area contributed by atoms with E-state index in [0.717, 1.165) is 22.3 Å². The molecule has 0 aliphatic carbocycles. The molecule has 0 bridgehead atoms. The van der Waals surface area contributed by atoms with Gasteiger partial charge in [-0.25, -0.2) is 0 Å². The van der Waals surface area contributed by atoms with Crippen LogP contribution in [-0.2, 0) is 22.6 Å². The molecule has 0 heterocycles. The Morgan fingerprint density at radius 1 is 0.824 bits per heavy atom. The Balaban J connectivity index is 1.89. The summed E-state index contributed by atoms with van der Waals surface area (Å²) in [6.45, 7) is 8.04. The molecule has 0 fully saturated rings. The summed E-state index contributed by atoms with van der Waals surface area (Å²) in [5, 5.41) is 3.00. The second-order valence-electron chi connectivity index (χ2n) is 8.98. The average Bonchev–Trinajstić information content (AvgIpc) is 2.82. The third kappa shape index (κ3) is 7.48. The maximum atomic E-state index is 13.5. The SMILES string of the molecule is Cc1ccc(CN(C(=O)COc2ccc(C)cc2)[C@H](Cc2ccccc2)C(=O)NC(C)C)cc1. The Hall–Kier alpha value is -3.60. The molecule has 2 amide bonds. The van der Waals surface area contributed by atoms with Gasteiger partial charge in [0.2, 0.25) is 5.91 Å². The van der Waals surface area contributed by atoms with Crippen molar-refractivity contribution < 1.29 is 14.3 Å². The minimum Gasteiger partial charge on any atom is -0.484 e. The van der Waals surface area contributed by atoms with Crippen LogP contribution in [0.2, 0.25) is 0 Å². The number of carbonyl (C=O) groups excluding carboxylic acids is 2. The van der Waals surface area contributed by atoms with Crippen LogP contribution in [0.3, 0.4) is 0 Å². The van der Waals surface area contributed by atoms with Gasteiger partial charge in [0, 0.05) is 19.0 Å². The molecule has 3 aromatic carbocycles. The zero-order valence-corrected chi connectivity index (χ0v) is 20.5. The first kappa shape index (κ1) is 25.0. The summed E-state index contributed by atoms with van der Waals surface area (Å²) in [7, 11) is 0. The molecule has 34 heavy (non-hydrogen) atoms.